The van der Waals surface area contributed by atoms with Gasteiger partial charge in [-0.3, -0.25) is 4.90 Å². The first-order valence-electron chi connectivity index (χ1n) is 12.9. The lowest BCUT2D eigenvalue weighted by Crippen LogP contribution is -2.45. The van der Waals surface area contributed by atoms with E-state index < -0.39 is 13.9 Å². The molecule has 1 aliphatic heterocycles. The summed E-state index contributed by atoms with van der Waals surface area (Å²) in [5, 5.41) is 2.54. The number of hydrogen-bond acceptors (Lipinski definition) is 4. The van der Waals surface area contributed by atoms with Crippen molar-refractivity contribution in [1.82, 2.24) is 14.5 Å². The molecule has 3 aromatic rings. The van der Waals surface area contributed by atoms with Crippen LogP contribution in [0.2, 0.25) is 18.1 Å². The van der Waals surface area contributed by atoms with Crippen LogP contribution < -0.4 is 0 Å². The van der Waals surface area contributed by atoms with Crippen LogP contribution in [-0.4, -0.2) is 47.1 Å². The van der Waals surface area contributed by atoms with Gasteiger partial charge in [-0.15, -0.1) is 0 Å². The van der Waals surface area contributed by atoms with Gasteiger partial charge in [0.1, 0.15) is 11.4 Å². The third kappa shape index (κ3) is 5.84. The maximum atomic E-state index is 13.3. The molecule has 0 unspecified atom stereocenters. The molecular formula is C29H41N3O3Si. The SMILES string of the molecule is CC(C)(C)OC(=O)N1C[C@H](O[Si](C)(C)C(C)(C)C)C[C@H]1c1nccn1Cc1ccc2ccccc2c1. The second-order valence-corrected chi connectivity index (χ2v) is 17.2. The van der Waals surface area contributed by atoms with E-state index in [1.165, 1.54) is 16.3 Å². The number of hydrogen-bond donors (Lipinski definition) is 0. The number of amides is 1. The zero-order valence-corrected chi connectivity index (χ0v) is 24.0. The Hall–Kier alpha value is -2.64. The van der Waals surface area contributed by atoms with E-state index in [1.54, 1.807) is 0 Å². The van der Waals surface area contributed by atoms with E-state index in [-0.39, 0.29) is 23.3 Å². The van der Waals surface area contributed by atoms with Crippen molar-refractivity contribution in [1.29, 1.82) is 0 Å². The molecule has 0 bridgehead atoms. The Labute approximate surface area is 216 Å². The molecule has 7 heteroatoms. The summed E-state index contributed by atoms with van der Waals surface area (Å²) in [5.41, 5.74) is 0.629. The van der Waals surface area contributed by atoms with Crippen molar-refractivity contribution in [3.63, 3.8) is 0 Å². The Morgan fingerprint density at radius 3 is 2.42 bits per heavy atom. The highest BCUT2D eigenvalue weighted by atomic mass is 28.4. The third-order valence-electron chi connectivity index (χ3n) is 7.37. The predicted molar refractivity (Wildman–Crippen MR) is 148 cm³/mol. The van der Waals surface area contributed by atoms with Gasteiger partial charge >= 0.3 is 6.09 Å². The first-order chi connectivity index (χ1) is 16.7. The summed E-state index contributed by atoms with van der Waals surface area (Å²) in [6, 6.07) is 14.7. The van der Waals surface area contributed by atoms with Crippen LogP contribution in [0.15, 0.2) is 54.9 Å². The summed E-state index contributed by atoms with van der Waals surface area (Å²) in [5.74, 6) is 0.871. The number of carbonyl (C=O) groups is 1. The Kier molecular flexibility index (Phi) is 7.10. The molecule has 1 fully saturated rings. The van der Waals surface area contributed by atoms with Gasteiger partial charge in [-0.05, 0) is 61.3 Å². The number of carbonyl (C=O) groups excluding carboxylic acids is 1. The molecule has 2 atom stereocenters. The number of nitrogens with zero attached hydrogens (tertiary/aromatic N) is 3. The quantitative estimate of drug-likeness (QED) is 0.344. The first kappa shape index (κ1) is 26.4. The molecule has 1 aliphatic rings. The van der Waals surface area contributed by atoms with Crippen LogP contribution in [0.3, 0.4) is 0 Å². The Balaban J connectivity index is 1.62. The molecule has 194 valence electrons. The van der Waals surface area contributed by atoms with Gasteiger partial charge < -0.3 is 13.7 Å². The summed E-state index contributed by atoms with van der Waals surface area (Å²) in [6.07, 6.45) is 4.18. The lowest BCUT2D eigenvalue weighted by Gasteiger charge is -2.38. The molecular weight excluding hydrogens is 466 g/mol. The van der Waals surface area contributed by atoms with Crippen LogP contribution in [0.25, 0.3) is 10.8 Å². The minimum atomic E-state index is -2.00. The monoisotopic (exact) mass is 507 g/mol. The average Bonchev–Trinajstić information content (AvgIpc) is 3.38. The number of rotatable bonds is 5. The van der Waals surface area contributed by atoms with Crippen molar-refractivity contribution in [2.24, 2.45) is 0 Å². The van der Waals surface area contributed by atoms with Crippen molar-refractivity contribution in [3.05, 3.63) is 66.2 Å². The lowest BCUT2D eigenvalue weighted by atomic mass is 10.1. The minimum Gasteiger partial charge on any atom is -0.444 e. The fourth-order valence-electron chi connectivity index (χ4n) is 4.53. The molecule has 4 rings (SSSR count). The molecule has 1 saturated heterocycles. The molecule has 1 aromatic heterocycles. The van der Waals surface area contributed by atoms with Crippen LogP contribution >= 0.6 is 0 Å². The normalized spacial score (nSPS) is 19.2. The van der Waals surface area contributed by atoms with Crippen molar-refractivity contribution in [2.75, 3.05) is 6.54 Å². The second kappa shape index (κ2) is 9.67. The smallest absolute Gasteiger partial charge is 0.411 e. The summed E-state index contributed by atoms with van der Waals surface area (Å²) >= 11 is 0. The number of aromatic nitrogens is 2. The van der Waals surface area contributed by atoms with E-state index in [4.69, 9.17) is 14.1 Å². The zero-order valence-electron chi connectivity index (χ0n) is 23.0. The standard InChI is InChI=1S/C29H41N3O3Si/c1-28(2,3)34-27(33)32-20-24(35-36(7,8)29(4,5)6)18-25(32)26-30-15-16-31(26)19-21-13-14-22-11-9-10-12-23(22)17-21/h9-17,24-25H,18-20H2,1-8H3/t24-,25+/m1/s1. The number of likely N-dealkylation sites (tertiary alicyclic amines) is 1. The number of benzene rings is 2. The number of fused-ring (bicyclic) bond motifs is 1. The first-order valence-corrected chi connectivity index (χ1v) is 15.8. The molecule has 2 heterocycles. The lowest BCUT2D eigenvalue weighted by molar-refractivity contribution is 0.0201. The van der Waals surface area contributed by atoms with Crippen molar-refractivity contribution < 1.29 is 14.0 Å². The molecule has 2 aromatic carbocycles. The van der Waals surface area contributed by atoms with Gasteiger partial charge in [0.15, 0.2) is 8.32 Å². The van der Waals surface area contributed by atoms with Gasteiger partial charge in [0, 0.05) is 31.9 Å². The van der Waals surface area contributed by atoms with Gasteiger partial charge in [-0.2, -0.15) is 0 Å². The molecule has 0 aliphatic carbocycles. The van der Waals surface area contributed by atoms with Crippen molar-refractivity contribution in [3.8, 4) is 0 Å². The van der Waals surface area contributed by atoms with E-state index in [2.05, 4.69) is 80.9 Å². The topological polar surface area (TPSA) is 56.6 Å². The highest BCUT2D eigenvalue weighted by molar-refractivity contribution is 6.74. The highest BCUT2D eigenvalue weighted by Gasteiger charge is 2.45. The summed E-state index contributed by atoms with van der Waals surface area (Å²) in [7, 11) is -2.00. The summed E-state index contributed by atoms with van der Waals surface area (Å²) < 4.78 is 14.7. The van der Waals surface area contributed by atoms with E-state index in [1.807, 2.05) is 38.1 Å². The maximum Gasteiger partial charge on any atom is 0.411 e. The van der Waals surface area contributed by atoms with Gasteiger partial charge in [-0.1, -0.05) is 57.2 Å². The van der Waals surface area contributed by atoms with Crippen LogP contribution in [-0.2, 0) is 15.7 Å². The van der Waals surface area contributed by atoms with Crippen LogP contribution in [0.1, 0.15) is 65.4 Å². The summed E-state index contributed by atoms with van der Waals surface area (Å²) in [6.45, 7) is 18.2. The number of ether oxygens (including phenoxy) is 1. The van der Waals surface area contributed by atoms with Crippen LogP contribution in [0.5, 0.6) is 0 Å². The Morgan fingerprint density at radius 1 is 1.06 bits per heavy atom. The molecule has 0 saturated carbocycles. The molecule has 0 spiro atoms. The van der Waals surface area contributed by atoms with Crippen molar-refractivity contribution >= 4 is 25.2 Å². The molecule has 0 radical (unpaired) electrons. The van der Waals surface area contributed by atoms with Gasteiger partial charge in [-0.25, -0.2) is 9.78 Å². The fourth-order valence-corrected chi connectivity index (χ4v) is 5.89. The Bertz CT molecular complexity index is 1220. The Morgan fingerprint density at radius 2 is 1.75 bits per heavy atom. The molecule has 36 heavy (non-hydrogen) atoms. The van der Waals surface area contributed by atoms with Crippen LogP contribution in [0.4, 0.5) is 4.79 Å². The minimum absolute atomic E-state index is 0.0470. The highest BCUT2D eigenvalue weighted by Crippen LogP contribution is 2.41. The van der Waals surface area contributed by atoms with Gasteiger partial charge in [0.05, 0.1) is 12.1 Å². The second-order valence-electron chi connectivity index (χ2n) is 12.5. The maximum absolute atomic E-state index is 13.3. The predicted octanol–water partition coefficient (Wildman–Crippen LogP) is 7.16. The third-order valence-corrected chi connectivity index (χ3v) is 11.9. The molecule has 1 amide bonds. The van der Waals surface area contributed by atoms with Gasteiger partial charge in [0.2, 0.25) is 0 Å². The van der Waals surface area contributed by atoms with E-state index in [0.717, 1.165) is 5.82 Å². The van der Waals surface area contributed by atoms with E-state index in [9.17, 15) is 4.79 Å². The molecule has 6 nitrogen and oxygen atoms in total. The van der Waals surface area contributed by atoms with Gasteiger partial charge in [0.25, 0.3) is 0 Å². The zero-order chi connectivity index (χ0) is 26.3. The van der Waals surface area contributed by atoms with E-state index in [0.29, 0.717) is 19.5 Å². The number of imidazole rings is 1. The van der Waals surface area contributed by atoms with Crippen LogP contribution in [0, 0.1) is 0 Å². The van der Waals surface area contributed by atoms with Crippen molar-refractivity contribution in [2.45, 2.75) is 90.4 Å². The fraction of sp³-hybridized carbons (Fsp3) is 0.517. The largest absolute Gasteiger partial charge is 0.444 e. The average molecular weight is 508 g/mol. The van der Waals surface area contributed by atoms with E-state index >= 15 is 0 Å². The summed E-state index contributed by atoms with van der Waals surface area (Å²) in [4.78, 5) is 19.9. The molecule has 0 N–H and O–H groups in total.